The molecule has 1 N–H and O–H groups in total. The van der Waals surface area contributed by atoms with Crippen molar-refractivity contribution in [2.24, 2.45) is 11.8 Å². The molecule has 0 bridgehead atoms. The van der Waals surface area contributed by atoms with Crippen LogP contribution in [0.25, 0.3) is 0 Å². The molecule has 1 aromatic carbocycles. The zero-order chi connectivity index (χ0) is 13.9. The Balaban J connectivity index is 0.00000161. The van der Waals surface area contributed by atoms with Crippen LogP contribution in [-0.4, -0.2) is 30.6 Å². The topological polar surface area (TPSA) is 15.3 Å². The van der Waals surface area contributed by atoms with Gasteiger partial charge >= 0.3 is 0 Å². The van der Waals surface area contributed by atoms with Crippen LogP contribution in [0.3, 0.4) is 0 Å². The van der Waals surface area contributed by atoms with Crippen LogP contribution in [0.15, 0.2) is 24.3 Å². The average Bonchev–Trinajstić information content (AvgIpc) is 2.88. The minimum atomic E-state index is 0. The quantitative estimate of drug-likeness (QED) is 0.916. The molecule has 2 atom stereocenters. The fourth-order valence-electron chi connectivity index (χ4n) is 3.78. The normalized spacial score (nSPS) is 25.7. The van der Waals surface area contributed by atoms with Gasteiger partial charge < -0.3 is 5.32 Å². The van der Waals surface area contributed by atoms with Crippen molar-refractivity contribution >= 4 is 12.4 Å². The van der Waals surface area contributed by atoms with Crippen LogP contribution in [-0.2, 0) is 13.0 Å². The largest absolute Gasteiger partial charge is 0.314 e. The lowest BCUT2D eigenvalue weighted by Crippen LogP contribution is -2.43. The maximum absolute atomic E-state index is 3.64. The molecule has 0 saturated carbocycles. The lowest BCUT2D eigenvalue weighted by molar-refractivity contribution is 0.156. The van der Waals surface area contributed by atoms with Crippen molar-refractivity contribution in [3.63, 3.8) is 0 Å². The molecule has 0 spiro atoms. The lowest BCUT2D eigenvalue weighted by atomic mass is 9.93. The molecular formula is C18H29ClN2. The van der Waals surface area contributed by atoms with Crippen LogP contribution in [0.5, 0.6) is 0 Å². The van der Waals surface area contributed by atoms with Gasteiger partial charge in [-0.15, -0.1) is 12.4 Å². The molecule has 2 fully saturated rings. The molecule has 2 aliphatic rings. The summed E-state index contributed by atoms with van der Waals surface area (Å²) in [4.78, 5) is 2.64. The van der Waals surface area contributed by atoms with Crippen molar-refractivity contribution in [1.82, 2.24) is 10.2 Å². The molecule has 0 amide bonds. The Morgan fingerprint density at radius 3 is 2.57 bits per heavy atom. The third kappa shape index (κ3) is 4.45. The van der Waals surface area contributed by atoms with Gasteiger partial charge in [-0.1, -0.05) is 38.1 Å². The molecule has 21 heavy (non-hydrogen) atoms. The van der Waals surface area contributed by atoms with Crippen molar-refractivity contribution in [2.75, 3.05) is 19.6 Å². The van der Waals surface area contributed by atoms with E-state index in [1.165, 1.54) is 50.0 Å². The summed E-state index contributed by atoms with van der Waals surface area (Å²) >= 11 is 0. The van der Waals surface area contributed by atoms with Crippen molar-refractivity contribution in [3.05, 3.63) is 35.4 Å². The molecule has 1 aromatic rings. The second-order valence-corrected chi connectivity index (χ2v) is 7.05. The number of piperidine rings is 1. The van der Waals surface area contributed by atoms with E-state index in [1.54, 1.807) is 0 Å². The van der Waals surface area contributed by atoms with Crippen LogP contribution >= 0.6 is 12.4 Å². The van der Waals surface area contributed by atoms with Crippen LogP contribution in [0.1, 0.15) is 37.8 Å². The Kier molecular flexibility index (Phi) is 6.09. The fraction of sp³-hybridized carbons (Fsp3) is 0.667. The van der Waals surface area contributed by atoms with Crippen LogP contribution in [0.2, 0.25) is 0 Å². The Morgan fingerprint density at radius 2 is 1.86 bits per heavy atom. The maximum atomic E-state index is 3.64. The Hall–Kier alpha value is -0.570. The van der Waals surface area contributed by atoms with Gasteiger partial charge in [-0.25, -0.2) is 0 Å². The van der Waals surface area contributed by atoms with E-state index in [1.807, 2.05) is 0 Å². The number of likely N-dealkylation sites (tertiary alicyclic amines) is 1. The predicted octanol–water partition coefficient (Wildman–Crippen LogP) is 3.49. The average molecular weight is 309 g/mol. The molecule has 118 valence electrons. The van der Waals surface area contributed by atoms with Crippen molar-refractivity contribution in [1.29, 1.82) is 0 Å². The molecule has 0 aromatic heterocycles. The summed E-state index contributed by atoms with van der Waals surface area (Å²) < 4.78 is 0. The van der Waals surface area contributed by atoms with Gasteiger partial charge in [0.05, 0.1) is 0 Å². The van der Waals surface area contributed by atoms with Gasteiger partial charge in [0, 0.05) is 19.1 Å². The summed E-state index contributed by atoms with van der Waals surface area (Å²) in [6.07, 6.45) is 3.89. The van der Waals surface area contributed by atoms with E-state index in [0.717, 1.165) is 24.4 Å². The van der Waals surface area contributed by atoms with Gasteiger partial charge in [0.15, 0.2) is 0 Å². The van der Waals surface area contributed by atoms with Gasteiger partial charge in [0.25, 0.3) is 0 Å². The first kappa shape index (κ1) is 16.8. The smallest absolute Gasteiger partial charge is 0.0233 e. The molecule has 3 heteroatoms. The molecule has 2 heterocycles. The first-order valence-electron chi connectivity index (χ1n) is 8.24. The zero-order valence-corrected chi connectivity index (χ0v) is 14.2. The summed E-state index contributed by atoms with van der Waals surface area (Å²) in [5, 5.41) is 3.64. The highest BCUT2D eigenvalue weighted by molar-refractivity contribution is 5.85. The summed E-state index contributed by atoms with van der Waals surface area (Å²) in [5.74, 6) is 1.64. The molecular weight excluding hydrogens is 280 g/mol. The number of halogens is 1. The van der Waals surface area contributed by atoms with E-state index in [-0.39, 0.29) is 12.4 Å². The van der Waals surface area contributed by atoms with Crippen molar-refractivity contribution in [2.45, 2.75) is 45.7 Å². The Morgan fingerprint density at radius 1 is 1.14 bits per heavy atom. The molecule has 2 saturated heterocycles. The predicted molar refractivity (Wildman–Crippen MR) is 92.0 cm³/mol. The number of hydrogen-bond acceptors (Lipinski definition) is 2. The summed E-state index contributed by atoms with van der Waals surface area (Å²) in [6, 6.07) is 10.1. The van der Waals surface area contributed by atoms with E-state index in [9.17, 15) is 0 Å². The molecule has 2 aliphatic heterocycles. The number of nitrogens with zero attached hydrogens (tertiary/aromatic N) is 1. The zero-order valence-electron chi connectivity index (χ0n) is 13.3. The van der Waals surface area contributed by atoms with E-state index in [0.29, 0.717) is 0 Å². The molecule has 2 unspecified atom stereocenters. The van der Waals surface area contributed by atoms with E-state index in [2.05, 4.69) is 48.3 Å². The standard InChI is InChI=1S/C18H28N2.ClH/c1-14(2)11-15-3-5-16(6-4-15)12-20-10-8-18-17(13-20)7-9-19-18;/h3-6,14,17-19H,7-13H2,1-2H3;1H. The minimum absolute atomic E-state index is 0. The second-order valence-electron chi connectivity index (χ2n) is 7.05. The van der Waals surface area contributed by atoms with Gasteiger partial charge in [-0.3, -0.25) is 4.90 Å². The summed E-state index contributed by atoms with van der Waals surface area (Å²) in [5.41, 5.74) is 2.95. The molecule has 2 nitrogen and oxygen atoms in total. The van der Waals surface area contributed by atoms with Gasteiger partial charge in [0.1, 0.15) is 0 Å². The first-order chi connectivity index (χ1) is 9.70. The molecule has 0 radical (unpaired) electrons. The minimum Gasteiger partial charge on any atom is -0.314 e. The van der Waals surface area contributed by atoms with E-state index >= 15 is 0 Å². The third-order valence-corrected chi connectivity index (χ3v) is 4.81. The van der Waals surface area contributed by atoms with Gasteiger partial charge in [-0.05, 0) is 55.3 Å². The van der Waals surface area contributed by atoms with E-state index < -0.39 is 0 Å². The SMILES string of the molecule is CC(C)Cc1ccc(CN2CCC3NCCC3C2)cc1.Cl. The highest BCUT2D eigenvalue weighted by Crippen LogP contribution is 2.25. The van der Waals surface area contributed by atoms with Crippen molar-refractivity contribution < 1.29 is 0 Å². The van der Waals surface area contributed by atoms with Crippen LogP contribution < -0.4 is 5.32 Å². The lowest BCUT2D eigenvalue weighted by Gasteiger charge is -2.34. The fourth-order valence-corrected chi connectivity index (χ4v) is 3.78. The third-order valence-electron chi connectivity index (χ3n) is 4.81. The van der Waals surface area contributed by atoms with Crippen LogP contribution in [0, 0.1) is 11.8 Å². The number of benzene rings is 1. The Bertz CT molecular complexity index is 429. The number of fused-ring (bicyclic) bond motifs is 1. The van der Waals surface area contributed by atoms with E-state index in [4.69, 9.17) is 0 Å². The number of rotatable bonds is 4. The molecule has 0 aliphatic carbocycles. The monoisotopic (exact) mass is 308 g/mol. The van der Waals surface area contributed by atoms with Gasteiger partial charge in [-0.2, -0.15) is 0 Å². The summed E-state index contributed by atoms with van der Waals surface area (Å²) in [6.45, 7) is 9.47. The maximum Gasteiger partial charge on any atom is 0.0233 e. The number of hydrogen-bond donors (Lipinski definition) is 1. The second kappa shape index (κ2) is 7.62. The highest BCUT2D eigenvalue weighted by atomic mass is 35.5. The van der Waals surface area contributed by atoms with Crippen LogP contribution in [0.4, 0.5) is 0 Å². The highest BCUT2D eigenvalue weighted by Gasteiger charge is 2.32. The molecule has 3 rings (SSSR count). The van der Waals surface area contributed by atoms with Crippen molar-refractivity contribution in [3.8, 4) is 0 Å². The summed E-state index contributed by atoms with van der Waals surface area (Å²) in [7, 11) is 0. The first-order valence-corrected chi connectivity index (χ1v) is 8.24. The number of nitrogens with one attached hydrogen (secondary N) is 1. The Labute approximate surface area is 135 Å². The van der Waals surface area contributed by atoms with Gasteiger partial charge in [0.2, 0.25) is 0 Å².